The van der Waals surface area contributed by atoms with E-state index in [1.165, 1.54) is 6.08 Å². The lowest BCUT2D eigenvalue weighted by molar-refractivity contribution is -0.129. The molecular weight excluding hydrogens is 430 g/mol. The molecular formula is C24H22ClN3O4. The number of halogens is 1. The molecule has 0 bridgehead atoms. The molecule has 1 saturated heterocycles. The van der Waals surface area contributed by atoms with Crippen LogP contribution in [-0.4, -0.2) is 40.5 Å². The van der Waals surface area contributed by atoms with E-state index in [2.05, 4.69) is 5.32 Å². The van der Waals surface area contributed by atoms with Gasteiger partial charge in [0.05, 0.1) is 6.54 Å². The summed E-state index contributed by atoms with van der Waals surface area (Å²) in [4.78, 5) is 37.8. The molecule has 0 saturated carbocycles. The van der Waals surface area contributed by atoms with Crippen molar-refractivity contribution in [2.45, 2.75) is 20.4 Å². The average molecular weight is 452 g/mol. The van der Waals surface area contributed by atoms with Crippen LogP contribution in [0.1, 0.15) is 18.1 Å². The van der Waals surface area contributed by atoms with Crippen LogP contribution in [0.25, 0.3) is 17.0 Å². The van der Waals surface area contributed by atoms with Gasteiger partial charge in [-0.1, -0.05) is 29.8 Å². The third kappa shape index (κ3) is 4.11. The predicted octanol–water partition coefficient (Wildman–Crippen LogP) is 4.16. The van der Waals surface area contributed by atoms with Gasteiger partial charge in [0.25, 0.3) is 11.8 Å². The molecule has 7 nitrogen and oxygen atoms in total. The van der Waals surface area contributed by atoms with Crippen molar-refractivity contribution >= 4 is 46.4 Å². The van der Waals surface area contributed by atoms with Gasteiger partial charge in [0.2, 0.25) is 0 Å². The molecule has 1 fully saturated rings. The van der Waals surface area contributed by atoms with Gasteiger partial charge in [-0.05, 0) is 49.8 Å². The van der Waals surface area contributed by atoms with Gasteiger partial charge in [-0.3, -0.25) is 19.8 Å². The summed E-state index contributed by atoms with van der Waals surface area (Å²) in [5.41, 5.74) is 2.54. The minimum Gasteiger partial charge on any atom is -0.492 e. The van der Waals surface area contributed by atoms with Crippen molar-refractivity contribution in [3.05, 3.63) is 70.4 Å². The number of hydrogen-bond acceptors (Lipinski definition) is 4. The van der Waals surface area contributed by atoms with Crippen LogP contribution in [-0.2, 0) is 16.1 Å². The van der Waals surface area contributed by atoms with Crippen molar-refractivity contribution in [2.24, 2.45) is 0 Å². The second-order valence-electron chi connectivity index (χ2n) is 7.42. The Kier molecular flexibility index (Phi) is 6.01. The summed E-state index contributed by atoms with van der Waals surface area (Å²) >= 11 is 6.07. The summed E-state index contributed by atoms with van der Waals surface area (Å²) in [7, 11) is 0. The van der Waals surface area contributed by atoms with Gasteiger partial charge in [-0.25, -0.2) is 4.79 Å². The Hall–Kier alpha value is -3.58. The summed E-state index contributed by atoms with van der Waals surface area (Å²) in [6.07, 6.45) is 3.41. The molecule has 164 valence electrons. The highest BCUT2D eigenvalue weighted by molar-refractivity contribution is 6.31. The summed E-state index contributed by atoms with van der Waals surface area (Å²) in [6, 6.07) is 12.5. The lowest BCUT2D eigenvalue weighted by Gasteiger charge is -2.24. The van der Waals surface area contributed by atoms with Crippen LogP contribution in [0.5, 0.6) is 5.75 Å². The minimum absolute atomic E-state index is 0.0674. The number of urea groups is 1. The Balaban J connectivity index is 1.60. The Morgan fingerprint density at radius 2 is 1.91 bits per heavy atom. The van der Waals surface area contributed by atoms with Crippen molar-refractivity contribution in [1.82, 2.24) is 14.8 Å². The monoisotopic (exact) mass is 451 g/mol. The summed E-state index contributed by atoms with van der Waals surface area (Å²) in [5.74, 6) is -0.554. The molecule has 2 aromatic carbocycles. The first-order valence-corrected chi connectivity index (χ1v) is 10.6. The number of hydrogen-bond donors (Lipinski definition) is 1. The molecule has 1 aromatic heterocycles. The molecule has 0 atom stereocenters. The number of likely N-dealkylation sites (N-methyl/N-ethyl adjacent to an activating group) is 1. The van der Waals surface area contributed by atoms with Crippen molar-refractivity contribution in [1.29, 1.82) is 0 Å². The largest absolute Gasteiger partial charge is 0.492 e. The minimum atomic E-state index is -0.698. The molecule has 2 heterocycles. The summed E-state index contributed by atoms with van der Waals surface area (Å²) in [6.45, 7) is 4.76. The lowest BCUT2D eigenvalue weighted by Crippen LogP contribution is -2.53. The van der Waals surface area contributed by atoms with Gasteiger partial charge < -0.3 is 9.30 Å². The summed E-state index contributed by atoms with van der Waals surface area (Å²) < 4.78 is 7.88. The molecule has 1 N–H and O–H groups in total. The number of fused-ring (bicyclic) bond motifs is 1. The number of carbonyl (C=O) groups excluding carboxylic acids is 3. The van der Waals surface area contributed by atoms with E-state index >= 15 is 0 Å². The number of nitrogens with one attached hydrogen (secondary N) is 1. The van der Waals surface area contributed by atoms with E-state index in [1.54, 1.807) is 13.0 Å². The number of imide groups is 2. The average Bonchev–Trinajstić information content (AvgIpc) is 3.11. The highest BCUT2D eigenvalue weighted by atomic mass is 35.5. The molecule has 0 spiro atoms. The third-order valence-electron chi connectivity index (χ3n) is 5.35. The van der Waals surface area contributed by atoms with Crippen molar-refractivity contribution in [3.8, 4) is 5.75 Å². The number of ether oxygens (including phenoxy) is 1. The van der Waals surface area contributed by atoms with Crippen molar-refractivity contribution in [2.75, 3.05) is 13.2 Å². The van der Waals surface area contributed by atoms with E-state index in [9.17, 15) is 14.4 Å². The fourth-order valence-corrected chi connectivity index (χ4v) is 3.80. The topological polar surface area (TPSA) is 80.6 Å². The van der Waals surface area contributed by atoms with Crippen molar-refractivity contribution < 1.29 is 19.1 Å². The second kappa shape index (κ2) is 8.88. The highest BCUT2D eigenvalue weighted by Crippen LogP contribution is 2.25. The number of aryl methyl sites for hydroxylation is 1. The SMILES string of the molecule is CCN1C(=O)NC(=O)/C(=C\c2cn(CCOc3ccc(Cl)c(C)c3)c3ccccc23)C1=O. The fraction of sp³-hybridized carbons (Fsp3) is 0.208. The quantitative estimate of drug-likeness (QED) is 0.450. The second-order valence-corrected chi connectivity index (χ2v) is 7.83. The Bertz CT molecular complexity index is 1260. The van der Waals surface area contributed by atoms with E-state index in [4.69, 9.17) is 16.3 Å². The Morgan fingerprint density at radius 1 is 1.12 bits per heavy atom. The van der Waals surface area contributed by atoms with Gasteiger partial charge in [0.1, 0.15) is 17.9 Å². The number of carbonyl (C=O) groups is 3. The smallest absolute Gasteiger partial charge is 0.331 e. The fourth-order valence-electron chi connectivity index (χ4n) is 3.68. The number of amides is 4. The molecule has 0 radical (unpaired) electrons. The van der Waals surface area contributed by atoms with Crippen LogP contribution in [0, 0.1) is 6.92 Å². The first-order chi connectivity index (χ1) is 15.4. The highest BCUT2D eigenvalue weighted by Gasteiger charge is 2.34. The molecule has 32 heavy (non-hydrogen) atoms. The normalized spacial score (nSPS) is 15.5. The van der Waals surface area contributed by atoms with E-state index in [1.807, 2.05) is 54.1 Å². The van der Waals surface area contributed by atoms with Crippen molar-refractivity contribution in [3.63, 3.8) is 0 Å². The predicted molar refractivity (Wildman–Crippen MR) is 123 cm³/mol. The molecule has 0 unspecified atom stereocenters. The number of barbiturate groups is 1. The van der Waals surface area contributed by atoms with Gasteiger partial charge in [0, 0.05) is 34.2 Å². The molecule has 4 rings (SSSR count). The lowest BCUT2D eigenvalue weighted by atomic mass is 10.1. The summed E-state index contributed by atoms with van der Waals surface area (Å²) in [5, 5.41) is 3.80. The van der Waals surface area contributed by atoms with Crippen LogP contribution in [0.3, 0.4) is 0 Å². The van der Waals surface area contributed by atoms with Crippen LogP contribution in [0.2, 0.25) is 5.02 Å². The van der Waals surface area contributed by atoms with Gasteiger partial charge in [-0.2, -0.15) is 0 Å². The zero-order valence-electron chi connectivity index (χ0n) is 17.7. The first kappa shape index (κ1) is 21.6. The zero-order chi connectivity index (χ0) is 22.8. The first-order valence-electron chi connectivity index (χ1n) is 10.2. The maximum absolute atomic E-state index is 12.6. The van der Waals surface area contributed by atoms with Crippen LogP contribution in [0.15, 0.2) is 54.2 Å². The van der Waals surface area contributed by atoms with E-state index in [0.29, 0.717) is 23.7 Å². The molecule has 8 heteroatoms. The van der Waals surface area contributed by atoms with Crippen LogP contribution < -0.4 is 10.1 Å². The van der Waals surface area contributed by atoms with Gasteiger partial charge >= 0.3 is 6.03 Å². The Labute approximate surface area is 190 Å². The Morgan fingerprint density at radius 3 is 2.66 bits per heavy atom. The number of benzene rings is 2. The van der Waals surface area contributed by atoms with E-state index in [-0.39, 0.29) is 12.1 Å². The molecule has 3 aromatic rings. The number of nitrogens with zero attached hydrogens (tertiary/aromatic N) is 2. The molecule has 4 amide bonds. The van der Waals surface area contributed by atoms with E-state index in [0.717, 1.165) is 27.1 Å². The number of para-hydroxylation sites is 1. The third-order valence-corrected chi connectivity index (χ3v) is 5.78. The zero-order valence-corrected chi connectivity index (χ0v) is 18.5. The molecule has 0 aliphatic carbocycles. The maximum atomic E-state index is 12.6. The van der Waals surface area contributed by atoms with Gasteiger partial charge in [-0.15, -0.1) is 0 Å². The van der Waals surface area contributed by atoms with Crippen LogP contribution in [0.4, 0.5) is 4.79 Å². The molecule has 1 aliphatic heterocycles. The van der Waals surface area contributed by atoms with Gasteiger partial charge in [0.15, 0.2) is 0 Å². The number of aromatic nitrogens is 1. The van der Waals surface area contributed by atoms with Crippen LogP contribution >= 0.6 is 11.6 Å². The number of rotatable bonds is 6. The maximum Gasteiger partial charge on any atom is 0.331 e. The molecule has 1 aliphatic rings. The van der Waals surface area contributed by atoms with E-state index < -0.39 is 17.8 Å². The standard InChI is InChI=1S/C24H22ClN3O4/c1-3-28-23(30)19(22(29)26-24(28)31)13-16-14-27(21-7-5-4-6-18(16)21)10-11-32-17-8-9-20(25)15(2)12-17/h4-9,12-14H,3,10-11H2,1-2H3,(H,26,29,31)/b19-13+.